The van der Waals surface area contributed by atoms with Gasteiger partial charge in [0.2, 0.25) is 6.41 Å². The highest BCUT2D eigenvalue weighted by Gasteiger charge is 2.14. The van der Waals surface area contributed by atoms with E-state index in [4.69, 9.17) is 16.3 Å². The summed E-state index contributed by atoms with van der Waals surface area (Å²) < 4.78 is 4.93. The lowest BCUT2D eigenvalue weighted by Gasteiger charge is -2.13. The average molecular weight is 202 g/mol. The van der Waals surface area contributed by atoms with Crippen LogP contribution in [-0.4, -0.2) is 23.5 Å². The number of aromatic nitrogens is 2. The molecular formula is C7H8ClN3O2. The van der Waals surface area contributed by atoms with E-state index >= 15 is 0 Å². The Kier molecular flexibility index (Phi) is 3.60. The number of rotatable bonds is 4. The van der Waals surface area contributed by atoms with Crippen molar-refractivity contribution in [1.82, 2.24) is 15.3 Å². The molecule has 1 N–H and O–H groups in total. The van der Waals surface area contributed by atoms with Crippen LogP contribution in [0.25, 0.3) is 0 Å². The average Bonchev–Trinajstić information content (AvgIpc) is 2.16. The van der Waals surface area contributed by atoms with Crippen LogP contribution in [0.1, 0.15) is 11.9 Å². The van der Waals surface area contributed by atoms with E-state index in [2.05, 4.69) is 15.3 Å². The highest BCUT2D eigenvalue weighted by atomic mass is 35.5. The molecule has 6 heteroatoms. The van der Waals surface area contributed by atoms with Crippen molar-refractivity contribution in [2.24, 2.45) is 0 Å². The Morgan fingerprint density at radius 2 is 2.31 bits per heavy atom. The third-order valence-corrected chi connectivity index (χ3v) is 1.67. The molecule has 1 unspecified atom stereocenters. The Balaban J connectivity index is 2.90. The van der Waals surface area contributed by atoms with Crippen molar-refractivity contribution in [3.05, 3.63) is 23.2 Å². The van der Waals surface area contributed by atoms with E-state index in [0.717, 1.165) is 0 Å². The quantitative estimate of drug-likeness (QED) is 0.570. The van der Waals surface area contributed by atoms with Gasteiger partial charge in [0.15, 0.2) is 11.4 Å². The van der Waals surface area contributed by atoms with Crippen LogP contribution < -0.4 is 5.32 Å². The van der Waals surface area contributed by atoms with Crippen molar-refractivity contribution < 1.29 is 9.53 Å². The van der Waals surface area contributed by atoms with Gasteiger partial charge in [-0.25, -0.2) is 4.98 Å². The van der Waals surface area contributed by atoms with Gasteiger partial charge in [-0.2, -0.15) is 0 Å². The molecule has 0 aliphatic rings. The SMILES string of the molecule is COC(NC=O)c1nccnc1Cl. The molecule has 0 spiro atoms. The minimum atomic E-state index is -0.654. The fourth-order valence-electron chi connectivity index (χ4n) is 0.828. The molecule has 13 heavy (non-hydrogen) atoms. The predicted octanol–water partition coefficient (Wildman–Crippen LogP) is 0.521. The number of hydrogen-bond acceptors (Lipinski definition) is 4. The number of carbonyl (C=O) groups is 1. The summed E-state index contributed by atoms with van der Waals surface area (Å²) in [7, 11) is 1.44. The van der Waals surface area contributed by atoms with Crippen molar-refractivity contribution in [2.45, 2.75) is 6.23 Å². The van der Waals surface area contributed by atoms with Crippen LogP contribution in [0.4, 0.5) is 0 Å². The molecule has 1 atom stereocenters. The van der Waals surface area contributed by atoms with Gasteiger partial charge >= 0.3 is 0 Å². The molecule has 0 saturated heterocycles. The van der Waals surface area contributed by atoms with E-state index in [1.807, 2.05) is 0 Å². The van der Waals surface area contributed by atoms with E-state index in [-0.39, 0.29) is 5.15 Å². The molecule has 5 nitrogen and oxygen atoms in total. The third-order valence-electron chi connectivity index (χ3n) is 1.38. The smallest absolute Gasteiger partial charge is 0.209 e. The van der Waals surface area contributed by atoms with Gasteiger partial charge in [0, 0.05) is 19.5 Å². The largest absolute Gasteiger partial charge is 0.356 e. The molecule has 0 saturated carbocycles. The molecule has 0 aromatic carbocycles. The Labute approximate surface area is 80.1 Å². The van der Waals surface area contributed by atoms with Crippen LogP contribution in [0.3, 0.4) is 0 Å². The van der Waals surface area contributed by atoms with Crippen LogP contribution in [0.5, 0.6) is 0 Å². The van der Waals surface area contributed by atoms with Gasteiger partial charge in [-0.3, -0.25) is 9.78 Å². The summed E-state index contributed by atoms with van der Waals surface area (Å²) in [6, 6.07) is 0. The maximum Gasteiger partial charge on any atom is 0.209 e. The third kappa shape index (κ3) is 2.37. The maximum absolute atomic E-state index is 10.2. The predicted molar refractivity (Wildman–Crippen MR) is 46.0 cm³/mol. The van der Waals surface area contributed by atoms with Crippen LogP contribution >= 0.6 is 11.6 Å². The van der Waals surface area contributed by atoms with Crippen molar-refractivity contribution >= 4 is 18.0 Å². The maximum atomic E-state index is 10.2. The Morgan fingerprint density at radius 1 is 1.62 bits per heavy atom. The van der Waals surface area contributed by atoms with E-state index in [1.165, 1.54) is 19.5 Å². The summed E-state index contributed by atoms with van der Waals surface area (Å²) >= 11 is 5.72. The second-order valence-corrected chi connectivity index (χ2v) is 2.49. The van der Waals surface area contributed by atoms with Gasteiger partial charge in [-0.1, -0.05) is 11.6 Å². The molecule has 1 aromatic rings. The lowest BCUT2D eigenvalue weighted by atomic mass is 10.4. The van der Waals surface area contributed by atoms with Crippen LogP contribution in [0.2, 0.25) is 5.15 Å². The molecule has 1 aromatic heterocycles. The van der Waals surface area contributed by atoms with Crippen molar-refractivity contribution in [1.29, 1.82) is 0 Å². The Hall–Kier alpha value is -1.20. The number of nitrogens with one attached hydrogen (secondary N) is 1. The molecule has 0 aliphatic heterocycles. The Morgan fingerprint density at radius 3 is 2.85 bits per heavy atom. The summed E-state index contributed by atoms with van der Waals surface area (Å²) in [4.78, 5) is 17.9. The van der Waals surface area contributed by atoms with Crippen molar-refractivity contribution in [3.63, 3.8) is 0 Å². The lowest BCUT2D eigenvalue weighted by Crippen LogP contribution is -2.22. The number of ether oxygens (including phenoxy) is 1. The van der Waals surface area contributed by atoms with E-state index < -0.39 is 6.23 Å². The first-order valence-electron chi connectivity index (χ1n) is 3.48. The molecule has 0 fully saturated rings. The first kappa shape index (κ1) is 9.88. The van der Waals surface area contributed by atoms with Crippen LogP contribution in [0, 0.1) is 0 Å². The number of nitrogens with zero attached hydrogens (tertiary/aromatic N) is 2. The van der Waals surface area contributed by atoms with Gasteiger partial charge in [0.1, 0.15) is 5.69 Å². The molecule has 1 heterocycles. The van der Waals surface area contributed by atoms with E-state index in [0.29, 0.717) is 12.1 Å². The molecule has 0 radical (unpaired) electrons. The molecular weight excluding hydrogens is 194 g/mol. The van der Waals surface area contributed by atoms with Gasteiger partial charge in [-0.15, -0.1) is 0 Å². The van der Waals surface area contributed by atoms with Crippen LogP contribution in [-0.2, 0) is 9.53 Å². The first-order valence-corrected chi connectivity index (χ1v) is 3.86. The minimum Gasteiger partial charge on any atom is -0.356 e. The topological polar surface area (TPSA) is 64.1 Å². The first-order chi connectivity index (χ1) is 6.29. The van der Waals surface area contributed by atoms with Crippen LogP contribution in [0.15, 0.2) is 12.4 Å². The molecule has 70 valence electrons. The van der Waals surface area contributed by atoms with E-state index in [9.17, 15) is 4.79 Å². The van der Waals surface area contributed by atoms with Gasteiger partial charge in [-0.05, 0) is 0 Å². The summed E-state index contributed by atoms with van der Waals surface area (Å²) in [5.74, 6) is 0. The molecule has 1 amide bonds. The summed E-state index contributed by atoms with van der Waals surface area (Å²) in [5, 5.41) is 2.61. The summed E-state index contributed by atoms with van der Waals surface area (Å²) in [6.45, 7) is 0. The lowest BCUT2D eigenvalue weighted by molar-refractivity contribution is -0.113. The number of amides is 1. The molecule has 0 aliphatic carbocycles. The second kappa shape index (κ2) is 4.74. The monoisotopic (exact) mass is 201 g/mol. The fraction of sp³-hybridized carbons (Fsp3) is 0.286. The van der Waals surface area contributed by atoms with E-state index in [1.54, 1.807) is 0 Å². The fourth-order valence-corrected chi connectivity index (χ4v) is 1.03. The highest BCUT2D eigenvalue weighted by molar-refractivity contribution is 6.30. The normalized spacial score (nSPS) is 12.2. The molecule has 0 bridgehead atoms. The molecule has 1 rings (SSSR count). The number of hydrogen-bond donors (Lipinski definition) is 1. The minimum absolute atomic E-state index is 0.212. The summed E-state index contributed by atoms with van der Waals surface area (Å²) in [5.41, 5.74) is 0.388. The number of methoxy groups -OCH3 is 1. The standard InChI is InChI=1S/C7H8ClN3O2/c1-13-7(11-4-12)5-6(8)10-3-2-9-5/h2-4,7H,1H3,(H,11,12). The zero-order valence-electron chi connectivity index (χ0n) is 6.90. The summed E-state index contributed by atoms with van der Waals surface area (Å²) in [6.07, 6.45) is 2.79. The Bertz CT molecular complexity index is 295. The zero-order valence-corrected chi connectivity index (χ0v) is 7.65. The zero-order chi connectivity index (χ0) is 9.68. The number of halogens is 1. The van der Waals surface area contributed by atoms with Crippen molar-refractivity contribution in [2.75, 3.05) is 7.11 Å². The highest BCUT2D eigenvalue weighted by Crippen LogP contribution is 2.17. The van der Waals surface area contributed by atoms with Crippen molar-refractivity contribution in [3.8, 4) is 0 Å². The van der Waals surface area contributed by atoms with Gasteiger partial charge in [0.25, 0.3) is 0 Å². The van der Waals surface area contributed by atoms with Gasteiger partial charge in [0.05, 0.1) is 0 Å². The second-order valence-electron chi connectivity index (χ2n) is 2.13. The van der Waals surface area contributed by atoms with Gasteiger partial charge < -0.3 is 10.1 Å². The number of carbonyl (C=O) groups excluding carboxylic acids is 1.